The number of hydrogen-bond donors (Lipinski definition) is 1. The number of ether oxygens (including phenoxy) is 1. The Morgan fingerprint density at radius 3 is 2.57 bits per heavy atom. The fraction of sp³-hybridized carbons (Fsp3) is 0.533. The van der Waals surface area contributed by atoms with Gasteiger partial charge in [0.1, 0.15) is 11.6 Å². The van der Waals surface area contributed by atoms with Crippen LogP contribution in [0.25, 0.3) is 0 Å². The van der Waals surface area contributed by atoms with Crippen molar-refractivity contribution in [2.75, 3.05) is 19.6 Å². The minimum atomic E-state index is -0.963. The highest BCUT2D eigenvalue weighted by Gasteiger charge is 2.35. The molecule has 1 aromatic carbocycles. The third-order valence-electron chi connectivity index (χ3n) is 3.36. The highest BCUT2D eigenvalue weighted by molar-refractivity contribution is 5.85. The molecular formula is C15H22ClFN2O2. The van der Waals surface area contributed by atoms with Crippen LogP contribution >= 0.6 is 12.4 Å². The lowest BCUT2D eigenvalue weighted by Gasteiger charge is -2.37. The summed E-state index contributed by atoms with van der Waals surface area (Å²) in [6.45, 7) is 7.68. The van der Waals surface area contributed by atoms with Gasteiger partial charge in [-0.05, 0) is 45.0 Å². The van der Waals surface area contributed by atoms with Crippen LogP contribution in [0.1, 0.15) is 20.8 Å². The largest absolute Gasteiger partial charge is 0.478 e. The van der Waals surface area contributed by atoms with Crippen molar-refractivity contribution >= 4 is 18.3 Å². The molecule has 1 heterocycles. The number of hydrogen-bond acceptors (Lipinski definition) is 3. The highest BCUT2D eigenvalue weighted by atomic mass is 35.5. The van der Waals surface area contributed by atoms with Gasteiger partial charge in [0.15, 0.2) is 5.60 Å². The topological polar surface area (TPSA) is 41.6 Å². The monoisotopic (exact) mass is 316 g/mol. The molecule has 0 radical (unpaired) electrons. The van der Waals surface area contributed by atoms with Crippen LogP contribution in [0.2, 0.25) is 0 Å². The SMILES string of the molecule is C[C@@H]1CN(C(=O)C(C)(C)Oc2ccc(F)cc2)CCN1.Cl. The molecule has 0 saturated carbocycles. The van der Waals surface area contributed by atoms with E-state index in [-0.39, 0.29) is 30.2 Å². The van der Waals surface area contributed by atoms with E-state index < -0.39 is 5.60 Å². The molecule has 0 bridgehead atoms. The van der Waals surface area contributed by atoms with Gasteiger partial charge in [-0.25, -0.2) is 4.39 Å². The summed E-state index contributed by atoms with van der Waals surface area (Å²) in [7, 11) is 0. The van der Waals surface area contributed by atoms with Gasteiger partial charge in [-0.1, -0.05) is 0 Å². The molecule has 1 atom stereocenters. The van der Waals surface area contributed by atoms with Gasteiger partial charge >= 0.3 is 0 Å². The van der Waals surface area contributed by atoms with Crippen molar-refractivity contribution < 1.29 is 13.9 Å². The van der Waals surface area contributed by atoms with Gasteiger partial charge in [0, 0.05) is 25.7 Å². The quantitative estimate of drug-likeness (QED) is 0.930. The Bertz CT molecular complexity index is 479. The van der Waals surface area contributed by atoms with Crippen LogP contribution in [0.4, 0.5) is 4.39 Å². The van der Waals surface area contributed by atoms with E-state index in [1.807, 2.05) is 11.8 Å². The molecule has 21 heavy (non-hydrogen) atoms. The number of nitrogens with one attached hydrogen (secondary N) is 1. The summed E-state index contributed by atoms with van der Waals surface area (Å²) in [5.41, 5.74) is -0.963. The first kappa shape index (κ1) is 17.7. The zero-order valence-corrected chi connectivity index (χ0v) is 13.4. The van der Waals surface area contributed by atoms with E-state index in [4.69, 9.17) is 4.74 Å². The van der Waals surface area contributed by atoms with E-state index in [0.29, 0.717) is 18.8 Å². The molecule has 0 spiro atoms. The summed E-state index contributed by atoms with van der Waals surface area (Å²) in [6, 6.07) is 6.00. The molecule has 0 aromatic heterocycles. The highest BCUT2D eigenvalue weighted by Crippen LogP contribution is 2.21. The van der Waals surface area contributed by atoms with Gasteiger partial charge in [-0.3, -0.25) is 4.79 Å². The summed E-state index contributed by atoms with van der Waals surface area (Å²) in [6.07, 6.45) is 0. The average molecular weight is 317 g/mol. The summed E-state index contributed by atoms with van der Waals surface area (Å²) in [4.78, 5) is 14.3. The van der Waals surface area contributed by atoms with Crippen LogP contribution in [0.3, 0.4) is 0 Å². The molecule has 0 unspecified atom stereocenters. The molecule has 118 valence electrons. The zero-order valence-electron chi connectivity index (χ0n) is 12.6. The summed E-state index contributed by atoms with van der Waals surface area (Å²) < 4.78 is 18.6. The minimum Gasteiger partial charge on any atom is -0.478 e. The maximum Gasteiger partial charge on any atom is 0.266 e. The standard InChI is InChI=1S/C15H21FN2O2.ClH/c1-11-10-18(9-8-17-11)14(19)15(2,3)20-13-6-4-12(16)5-7-13;/h4-7,11,17H,8-10H2,1-3H3;1H/t11-;/m1./s1. The first-order valence-electron chi connectivity index (χ1n) is 6.86. The van der Waals surface area contributed by atoms with Crippen LogP contribution in [-0.4, -0.2) is 42.1 Å². The molecule has 1 aliphatic heterocycles. The van der Waals surface area contributed by atoms with E-state index in [1.165, 1.54) is 24.3 Å². The number of benzene rings is 1. The van der Waals surface area contributed by atoms with E-state index in [0.717, 1.165) is 6.54 Å². The van der Waals surface area contributed by atoms with Crippen LogP contribution < -0.4 is 10.1 Å². The summed E-state index contributed by atoms with van der Waals surface area (Å²) >= 11 is 0. The average Bonchev–Trinajstić information content (AvgIpc) is 2.40. The molecule has 1 aromatic rings. The third kappa shape index (κ3) is 4.58. The molecule has 0 aliphatic carbocycles. The van der Waals surface area contributed by atoms with Crippen molar-refractivity contribution in [3.05, 3.63) is 30.1 Å². The van der Waals surface area contributed by atoms with Crippen molar-refractivity contribution in [1.29, 1.82) is 0 Å². The number of carbonyl (C=O) groups is 1. The molecule has 1 aliphatic rings. The Labute approximate surface area is 131 Å². The van der Waals surface area contributed by atoms with Crippen LogP contribution in [-0.2, 0) is 4.79 Å². The fourth-order valence-electron chi connectivity index (χ4n) is 2.34. The third-order valence-corrected chi connectivity index (χ3v) is 3.36. The minimum absolute atomic E-state index is 0. The van der Waals surface area contributed by atoms with Crippen molar-refractivity contribution in [3.63, 3.8) is 0 Å². The van der Waals surface area contributed by atoms with Crippen molar-refractivity contribution in [2.45, 2.75) is 32.4 Å². The van der Waals surface area contributed by atoms with E-state index >= 15 is 0 Å². The van der Waals surface area contributed by atoms with Crippen LogP contribution in [0.5, 0.6) is 5.75 Å². The normalized spacial score (nSPS) is 18.9. The van der Waals surface area contributed by atoms with Crippen molar-refractivity contribution in [1.82, 2.24) is 10.2 Å². The number of piperazine rings is 1. The second-order valence-electron chi connectivity index (χ2n) is 5.67. The lowest BCUT2D eigenvalue weighted by atomic mass is 10.1. The summed E-state index contributed by atoms with van der Waals surface area (Å²) in [5.74, 6) is 0.125. The predicted octanol–water partition coefficient (Wildman–Crippen LogP) is 2.23. The maximum absolute atomic E-state index is 12.9. The number of carbonyl (C=O) groups excluding carboxylic acids is 1. The lowest BCUT2D eigenvalue weighted by molar-refractivity contribution is -0.146. The number of halogens is 2. The van der Waals surface area contributed by atoms with Crippen LogP contribution in [0, 0.1) is 5.82 Å². The lowest BCUT2D eigenvalue weighted by Crippen LogP contribution is -2.57. The van der Waals surface area contributed by atoms with Crippen molar-refractivity contribution in [2.24, 2.45) is 0 Å². The van der Waals surface area contributed by atoms with Gasteiger partial charge in [-0.15, -0.1) is 12.4 Å². The Morgan fingerprint density at radius 1 is 1.38 bits per heavy atom. The molecule has 1 amide bonds. The summed E-state index contributed by atoms with van der Waals surface area (Å²) in [5, 5.41) is 3.30. The van der Waals surface area contributed by atoms with E-state index in [2.05, 4.69) is 5.32 Å². The molecule has 1 N–H and O–H groups in total. The van der Waals surface area contributed by atoms with Crippen LogP contribution in [0.15, 0.2) is 24.3 Å². The Morgan fingerprint density at radius 2 is 2.00 bits per heavy atom. The Hall–Kier alpha value is -1.33. The fourth-order valence-corrected chi connectivity index (χ4v) is 2.34. The second-order valence-corrected chi connectivity index (χ2v) is 5.67. The molecule has 1 fully saturated rings. The number of nitrogens with zero attached hydrogens (tertiary/aromatic N) is 1. The molecule has 4 nitrogen and oxygen atoms in total. The first-order chi connectivity index (χ1) is 9.38. The van der Waals surface area contributed by atoms with E-state index in [1.54, 1.807) is 13.8 Å². The number of rotatable bonds is 3. The first-order valence-corrected chi connectivity index (χ1v) is 6.86. The second kappa shape index (κ2) is 7.09. The predicted molar refractivity (Wildman–Crippen MR) is 82.4 cm³/mol. The van der Waals surface area contributed by atoms with Gasteiger partial charge in [0.05, 0.1) is 0 Å². The maximum atomic E-state index is 12.9. The van der Waals surface area contributed by atoms with Crippen molar-refractivity contribution in [3.8, 4) is 5.75 Å². The van der Waals surface area contributed by atoms with Gasteiger partial charge in [0.25, 0.3) is 5.91 Å². The van der Waals surface area contributed by atoms with Gasteiger partial charge < -0.3 is 15.0 Å². The van der Waals surface area contributed by atoms with E-state index in [9.17, 15) is 9.18 Å². The Balaban J connectivity index is 0.00000220. The molecular weight excluding hydrogens is 295 g/mol. The van der Waals surface area contributed by atoms with Gasteiger partial charge in [-0.2, -0.15) is 0 Å². The van der Waals surface area contributed by atoms with Gasteiger partial charge in [0.2, 0.25) is 0 Å². The zero-order chi connectivity index (χ0) is 14.8. The molecule has 2 rings (SSSR count). The molecule has 1 saturated heterocycles. The smallest absolute Gasteiger partial charge is 0.266 e. The number of amides is 1. The Kier molecular flexibility index (Phi) is 5.98. The molecule has 6 heteroatoms.